The minimum absolute atomic E-state index is 0. The van der Waals surface area contributed by atoms with E-state index in [4.69, 9.17) is 4.74 Å². The van der Waals surface area contributed by atoms with Gasteiger partial charge in [0.05, 0.1) is 7.11 Å². The van der Waals surface area contributed by atoms with Gasteiger partial charge in [-0.3, -0.25) is 4.99 Å². The van der Waals surface area contributed by atoms with Crippen molar-refractivity contribution < 1.29 is 22.6 Å². The SMILES string of the molecule is CN=C(NCCCOCC(F)(F)F)NCCc1ccc(OC)cc1.I. The van der Waals surface area contributed by atoms with Crippen molar-refractivity contribution in [3.05, 3.63) is 29.8 Å². The summed E-state index contributed by atoms with van der Waals surface area (Å²) in [6.07, 6.45) is -2.98. The molecule has 1 rings (SSSR count). The van der Waals surface area contributed by atoms with Crippen LogP contribution in [0.25, 0.3) is 0 Å². The number of hydrogen-bond acceptors (Lipinski definition) is 3. The molecular weight excluding hydrogens is 450 g/mol. The summed E-state index contributed by atoms with van der Waals surface area (Å²) in [6, 6.07) is 7.80. The van der Waals surface area contributed by atoms with Crippen molar-refractivity contribution in [1.29, 1.82) is 0 Å². The lowest BCUT2D eigenvalue weighted by Crippen LogP contribution is -2.39. The van der Waals surface area contributed by atoms with E-state index >= 15 is 0 Å². The van der Waals surface area contributed by atoms with Gasteiger partial charge in [-0.25, -0.2) is 0 Å². The quantitative estimate of drug-likeness (QED) is 0.250. The molecule has 2 N–H and O–H groups in total. The van der Waals surface area contributed by atoms with Crippen molar-refractivity contribution >= 4 is 29.9 Å². The number of hydrogen-bond donors (Lipinski definition) is 2. The zero-order valence-corrected chi connectivity index (χ0v) is 16.7. The van der Waals surface area contributed by atoms with Crippen molar-refractivity contribution in [3.63, 3.8) is 0 Å². The lowest BCUT2D eigenvalue weighted by atomic mass is 10.1. The fourth-order valence-electron chi connectivity index (χ4n) is 1.91. The Morgan fingerprint density at radius 3 is 2.32 bits per heavy atom. The smallest absolute Gasteiger partial charge is 0.411 e. The highest BCUT2D eigenvalue weighted by Gasteiger charge is 2.27. The molecule has 0 atom stereocenters. The maximum atomic E-state index is 11.9. The molecule has 0 aliphatic carbocycles. The van der Waals surface area contributed by atoms with E-state index in [1.807, 2.05) is 24.3 Å². The molecule has 0 fully saturated rings. The van der Waals surface area contributed by atoms with Gasteiger partial charge in [-0.15, -0.1) is 24.0 Å². The third-order valence-corrected chi connectivity index (χ3v) is 3.11. The monoisotopic (exact) mass is 475 g/mol. The third kappa shape index (κ3) is 11.9. The minimum atomic E-state index is -4.27. The second-order valence-electron chi connectivity index (χ2n) is 5.05. The number of ether oxygens (including phenoxy) is 2. The molecule has 1 aromatic rings. The first kappa shape index (κ1) is 23.8. The standard InChI is InChI=1S/C16H24F3N3O2.HI/c1-20-15(21-9-3-11-24-12-16(17,18)19)22-10-8-13-4-6-14(23-2)7-5-13;/h4-7H,3,8-12H2,1-2H3,(H2,20,21,22);1H. The number of aliphatic imine (C=N–C) groups is 1. The summed E-state index contributed by atoms with van der Waals surface area (Å²) in [5.74, 6) is 1.43. The molecule has 0 aliphatic heterocycles. The van der Waals surface area contributed by atoms with Crippen molar-refractivity contribution in [3.8, 4) is 5.75 Å². The Kier molecular flexibility index (Phi) is 12.4. The third-order valence-electron chi connectivity index (χ3n) is 3.11. The van der Waals surface area contributed by atoms with E-state index in [2.05, 4.69) is 20.4 Å². The lowest BCUT2D eigenvalue weighted by molar-refractivity contribution is -0.173. The van der Waals surface area contributed by atoms with Crippen LogP contribution in [0.5, 0.6) is 5.75 Å². The summed E-state index contributed by atoms with van der Waals surface area (Å²) in [4.78, 5) is 4.06. The van der Waals surface area contributed by atoms with E-state index in [-0.39, 0.29) is 30.6 Å². The summed E-state index contributed by atoms with van der Waals surface area (Å²) >= 11 is 0. The van der Waals surface area contributed by atoms with Crippen molar-refractivity contribution in [2.24, 2.45) is 4.99 Å². The Bertz CT molecular complexity index is 496. The molecule has 0 saturated carbocycles. The maximum absolute atomic E-state index is 11.9. The number of guanidine groups is 1. The molecule has 0 aromatic heterocycles. The van der Waals surface area contributed by atoms with Gasteiger partial charge in [0, 0.05) is 26.7 Å². The Hall–Kier alpha value is -1.23. The van der Waals surface area contributed by atoms with E-state index in [9.17, 15) is 13.2 Å². The number of benzene rings is 1. The van der Waals surface area contributed by atoms with Gasteiger partial charge in [0.1, 0.15) is 12.4 Å². The fraction of sp³-hybridized carbons (Fsp3) is 0.562. The average Bonchev–Trinajstić information content (AvgIpc) is 2.56. The molecular formula is C16H25F3IN3O2. The highest BCUT2D eigenvalue weighted by molar-refractivity contribution is 14.0. The summed E-state index contributed by atoms with van der Waals surface area (Å²) in [5.41, 5.74) is 1.17. The van der Waals surface area contributed by atoms with E-state index in [0.717, 1.165) is 12.2 Å². The summed E-state index contributed by atoms with van der Waals surface area (Å²) < 4.78 is 45.3. The van der Waals surface area contributed by atoms with Crippen LogP contribution in [0.1, 0.15) is 12.0 Å². The van der Waals surface area contributed by atoms with Gasteiger partial charge >= 0.3 is 6.18 Å². The molecule has 0 amide bonds. The van der Waals surface area contributed by atoms with Crippen LogP contribution in [0.15, 0.2) is 29.3 Å². The maximum Gasteiger partial charge on any atom is 0.411 e. The summed E-state index contributed by atoms with van der Waals surface area (Å²) in [5, 5.41) is 6.18. The van der Waals surface area contributed by atoms with Crippen LogP contribution in [0.3, 0.4) is 0 Å². The average molecular weight is 475 g/mol. The Balaban J connectivity index is 0.00000576. The molecule has 0 spiro atoms. The van der Waals surface area contributed by atoms with Gasteiger partial charge in [0.25, 0.3) is 0 Å². The Morgan fingerprint density at radius 1 is 1.12 bits per heavy atom. The van der Waals surface area contributed by atoms with Crippen LogP contribution in [0.4, 0.5) is 13.2 Å². The number of nitrogens with zero attached hydrogens (tertiary/aromatic N) is 1. The normalized spacial score (nSPS) is 11.6. The molecule has 0 saturated heterocycles. The number of methoxy groups -OCH3 is 1. The first-order chi connectivity index (χ1) is 11.4. The molecule has 5 nitrogen and oxygen atoms in total. The number of nitrogens with one attached hydrogen (secondary N) is 2. The Morgan fingerprint density at radius 2 is 1.76 bits per heavy atom. The lowest BCUT2D eigenvalue weighted by Gasteiger charge is -2.12. The largest absolute Gasteiger partial charge is 0.497 e. The highest BCUT2D eigenvalue weighted by Crippen LogP contribution is 2.14. The number of rotatable bonds is 9. The Labute approximate surface area is 163 Å². The van der Waals surface area contributed by atoms with E-state index < -0.39 is 12.8 Å². The van der Waals surface area contributed by atoms with Crippen LogP contribution in [0.2, 0.25) is 0 Å². The van der Waals surface area contributed by atoms with E-state index in [0.29, 0.717) is 25.5 Å². The van der Waals surface area contributed by atoms with Crippen molar-refractivity contribution in [2.75, 3.05) is 40.5 Å². The molecule has 0 bridgehead atoms. The minimum Gasteiger partial charge on any atom is -0.497 e. The summed E-state index contributed by atoms with van der Waals surface area (Å²) in [7, 11) is 3.27. The van der Waals surface area contributed by atoms with Crippen LogP contribution in [-0.4, -0.2) is 52.6 Å². The van der Waals surface area contributed by atoms with Gasteiger partial charge in [0.2, 0.25) is 0 Å². The predicted octanol–water partition coefficient (Wildman–Crippen LogP) is 2.99. The molecule has 0 aliphatic rings. The topological polar surface area (TPSA) is 54.9 Å². The van der Waals surface area contributed by atoms with Crippen molar-refractivity contribution in [2.45, 2.75) is 19.0 Å². The van der Waals surface area contributed by atoms with Gasteiger partial charge in [-0.05, 0) is 30.5 Å². The summed E-state index contributed by atoms with van der Waals surface area (Å²) in [6.45, 7) is 0.0217. The van der Waals surface area contributed by atoms with E-state index in [1.54, 1.807) is 14.2 Å². The first-order valence-corrected chi connectivity index (χ1v) is 7.66. The zero-order valence-electron chi connectivity index (χ0n) is 14.4. The fourth-order valence-corrected chi connectivity index (χ4v) is 1.91. The van der Waals surface area contributed by atoms with Gasteiger partial charge in [0.15, 0.2) is 5.96 Å². The molecule has 9 heteroatoms. The van der Waals surface area contributed by atoms with Crippen LogP contribution in [-0.2, 0) is 11.2 Å². The molecule has 0 unspecified atom stereocenters. The predicted molar refractivity (Wildman–Crippen MR) is 103 cm³/mol. The van der Waals surface area contributed by atoms with Gasteiger partial charge in [-0.1, -0.05) is 12.1 Å². The second-order valence-corrected chi connectivity index (χ2v) is 5.05. The van der Waals surface area contributed by atoms with Crippen LogP contribution >= 0.6 is 24.0 Å². The number of alkyl halides is 3. The van der Waals surface area contributed by atoms with Gasteiger partial charge < -0.3 is 20.1 Å². The number of halogens is 4. The van der Waals surface area contributed by atoms with Crippen LogP contribution < -0.4 is 15.4 Å². The van der Waals surface area contributed by atoms with Gasteiger partial charge in [-0.2, -0.15) is 13.2 Å². The highest BCUT2D eigenvalue weighted by atomic mass is 127. The van der Waals surface area contributed by atoms with Crippen molar-refractivity contribution in [1.82, 2.24) is 10.6 Å². The second kappa shape index (κ2) is 13.0. The van der Waals surface area contributed by atoms with Crippen LogP contribution in [0, 0.1) is 0 Å². The zero-order chi connectivity index (χ0) is 17.8. The molecule has 25 heavy (non-hydrogen) atoms. The van der Waals surface area contributed by atoms with E-state index in [1.165, 1.54) is 5.56 Å². The molecule has 1 aromatic carbocycles. The molecule has 0 radical (unpaired) electrons. The first-order valence-electron chi connectivity index (χ1n) is 7.66. The molecule has 0 heterocycles. The molecule has 144 valence electrons.